The molecule has 0 atom stereocenters. The van der Waals surface area contributed by atoms with E-state index in [1.54, 1.807) is 21.3 Å². The number of hydrazine groups is 1. The van der Waals surface area contributed by atoms with Gasteiger partial charge in [-0.3, -0.25) is 11.2 Å². The molecule has 0 saturated carbocycles. The van der Waals surface area contributed by atoms with Crippen molar-refractivity contribution in [3.05, 3.63) is 17.7 Å². The van der Waals surface area contributed by atoms with E-state index in [2.05, 4.69) is 10.7 Å². The van der Waals surface area contributed by atoms with E-state index in [-0.39, 0.29) is 0 Å². The molecule has 1 rings (SSSR count). The molecule has 0 heterocycles. The van der Waals surface area contributed by atoms with Crippen LogP contribution in [0.1, 0.15) is 5.56 Å². The van der Waals surface area contributed by atoms with Crippen molar-refractivity contribution in [2.45, 2.75) is 6.54 Å². The molecule has 17 heavy (non-hydrogen) atoms. The number of methoxy groups -OCH3 is 3. The summed E-state index contributed by atoms with van der Waals surface area (Å²) < 4.78 is 15.7. The molecule has 4 N–H and O–H groups in total. The molecule has 0 fully saturated rings. The maximum Gasteiger partial charge on any atom is 0.203 e. The van der Waals surface area contributed by atoms with Gasteiger partial charge >= 0.3 is 0 Å². The topological polar surface area (TPSA) is 77.8 Å². The highest BCUT2D eigenvalue weighted by molar-refractivity contribution is 5.53. The van der Waals surface area contributed by atoms with E-state index in [4.69, 9.17) is 20.1 Å². The van der Waals surface area contributed by atoms with E-state index in [9.17, 15) is 0 Å². The molecule has 6 nitrogen and oxygen atoms in total. The predicted octanol–water partition coefficient (Wildman–Crippen LogP) is 0.223. The summed E-state index contributed by atoms with van der Waals surface area (Å²) in [7, 11) is 4.77. The molecule has 1 aromatic carbocycles. The fourth-order valence-electron chi connectivity index (χ4n) is 1.52. The molecule has 0 radical (unpaired) electrons. The van der Waals surface area contributed by atoms with Crippen LogP contribution < -0.4 is 30.8 Å². The van der Waals surface area contributed by atoms with Gasteiger partial charge in [-0.25, -0.2) is 5.43 Å². The van der Waals surface area contributed by atoms with Crippen molar-refractivity contribution in [2.75, 3.05) is 28.0 Å². The lowest BCUT2D eigenvalue weighted by atomic mass is 10.2. The van der Waals surface area contributed by atoms with E-state index in [1.165, 1.54) is 0 Å². The Morgan fingerprint density at radius 1 is 1.06 bits per heavy atom. The van der Waals surface area contributed by atoms with Gasteiger partial charge in [-0.15, -0.1) is 0 Å². The molecule has 1 aromatic rings. The van der Waals surface area contributed by atoms with Crippen molar-refractivity contribution >= 4 is 0 Å². The van der Waals surface area contributed by atoms with Gasteiger partial charge in [0.15, 0.2) is 11.5 Å². The van der Waals surface area contributed by atoms with E-state index in [0.29, 0.717) is 30.5 Å². The first-order valence-electron chi connectivity index (χ1n) is 5.19. The molecular weight excluding hydrogens is 222 g/mol. The lowest BCUT2D eigenvalue weighted by Gasteiger charge is -2.14. The number of ether oxygens (including phenoxy) is 3. The molecule has 0 aliphatic carbocycles. The molecule has 0 aliphatic rings. The second-order valence-electron chi connectivity index (χ2n) is 3.34. The van der Waals surface area contributed by atoms with E-state index in [1.807, 2.05) is 12.1 Å². The highest BCUT2D eigenvalue weighted by Gasteiger charge is 2.12. The van der Waals surface area contributed by atoms with E-state index < -0.39 is 0 Å². The summed E-state index contributed by atoms with van der Waals surface area (Å²) in [6, 6.07) is 3.79. The number of nitrogens with one attached hydrogen (secondary N) is 2. The van der Waals surface area contributed by atoms with Crippen molar-refractivity contribution in [3.63, 3.8) is 0 Å². The minimum Gasteiger partial charge on any atom is -0.493 e. The Morgan fingerprint density at radius 3 is 2.06 bits per heavy atom. The minimum absolute atomic E-state index is 0.524. The number of nitrogens with two attached hydrogens (primary N) is 1. The molecule has 0 bridgehead atoms. The van der Waals surface area contributed by atoms with Gasteiger partial charge in [0.25, 0.3) is 0 Å². The maximum atomic E-state index is 5.25. The Bertz CT molecular complexity index is 333. The Morgan fingerprint density at radius 2 is 1.65 bits per heavy atom. The fourth-order valence-corrected chi connectivity index (χ4v) is 1.52. The first-order valence-corrected chi connectivity index (χ1v) is 5.19. The van der Waals surface area contributed by atoms with Crippen LogP contribution in [0.25, 0.3) is 0 Å². The fraction of sp³-hybridized carbons (Fsp3) is 0.455. The number of hydrogen-bond acceptors (Lipinski definition) is 6. The van der Waals surface area contributed by atoms with Crippen LogP contribution in [-0.2, 0) is 6.54 Å². The van der Waals surface area contributed by atoms with Crippen molar-refractivity contribution in [1.29, 1.82) is 0 Å². The van der Waals surface area contributed by atoms with Gasteiger partial charge in [0, 0.05) is 6.54 Å². The standard InChI is InChI=1S/C11H19N3O3/c1-15-9-4-8(6-13-7-14-12)5-10(16-2)11(9)17-3/h4-5,13-14H,6-7,12H2,1-3H3. The summed E-state index contributed by atoms with van der Waals surface area (Å²) >= 11 is 0. The Balaban J connectivity index is 2.92. The van der Waals surface area contributed by atoms with Crippen molar-refractivity contribution in [3.8, 4) is 17.2 Å². The molecule has 6 heteroatoms. The average Bonchev–Trinajstić information content (AvgIpc) is 2.37. The number of rotatable bonds is 7. The van der Waals surface area contributed by atoms with Crippen LogP contribution in [0.2, 0.25) is 0 Å². The number of hydrogen-bond donors (Lipinski definition) is 3. The second-order valence-corrected chi connectivity index (χ2v) is 3.34. The smallest absolute Gasteiger partial charge is 0.203 e. The summed E-state index contributed by atoms with van der Waals surface area (Å²) in [5.41, 5.74) is 3.54. The zero-order valence-electron chi connectivity index (χ0n) is 10.4. The third-order valence-corrected chi connectivity index (χ3v) is 2.28. The van der Waals surface area contributed by atoms with Crippen LogP contribution >= 0.6 is 0 Å². The van der Waals surface area contributed by atoms with Crippen LogP contribution in [0.3, 0.4) is 0 Å². The molecule has 96 valence electrons. The van der Waals surface area contributed by atoms with Crippen LogP contribution in [0, 0.1) is 0 Å². The highest BCUT2D eigenvalue weighted by atomic mass is 16.5. The van der Waals surface area contributed by atoms with Crippen LogP contribution in [-0.4, -0.2) is 28.0 Å². The molecule has 0 saturated heterocycles. The number of benzene rings is 1. The molecule has 0 aromatic heterocycles. The maximum absolute atomic E-state index is 5.25. The SMILES string of the molecule is COc1cc(CNCNN)cc(OC)c1OC. The van der Waals surface area contributed by atoms with Gasteiger partial charge in [-0.2, -0.15) is 0 Å². The van der Waals surface area contributed by atoms with Gasteiger partial charge in [-0.05, 0) is 17.7 Å². The predicted molar refractivity (Wildman–Crippen MR) is 65.1 cm³/mol. The van der Waals surface area contributed by atoms with Crippen LogP contribution in [0.15, 0.2) is 12.1 Å². The third kappa shape index (κ3) is 3.48. The summed E-state index contributed by atoms with van der Waals surface area (Å²) in [6.07, 6.45) is 0. The molecule has 0 spiro atoms. The summed E-state index contributed by atoms with van der Waals surface area (Å²) in [5.74, 6) is 7.05. The molecule has 0 aliphatic heterocycles. The Kier molecular flexibility index (Phi) is 5.55. The first kappa shape index (κ1) is 13.6. The molecule has 0 amide bonds. The normalized spacial score (nSPS) is 10.1. The summed E-state index contributed by atoms with van der Waals surface area (Å²) in [6.45, 7) is 1.18. The van der Waals surface area contributed by atoms with Gasteiger partial charge in [-0.1, -0.05) is 0 Å². The summed E-state index contributed by atoms with van der Waals surface area (Å²) in [5, 5.41) is 3.10. The zero-order chi connectivity index (χ0) is 12.7. The second kappa shape index (κ2) is 6.95. The van der Waals surface area contributed by atoms with Gasteiger partial charge in [0.1, 0.15) is 0 Å². The molecule has 0 unspecified atom stereocenters. The average molecular weight is 241 g/mol. The highest BCUT2D eigenvalue weighted by Crippen LogP contribution is 2.38. The third-order valence-electron chi connectivity index (χ3n) is 2.28. The van der Waals surface area contributed by atoms with Crippen molar-refractivity contribution in [2.24, 2.45) is 5.84 Å². The van der Waals surface area contributed by atoms with Crippen LogP contribution in [0.4, 0.5) is 0 Å². The van der Waals surface area contributed by atoms with Crippen molar-refractivity contribution < 1.29 is 14.2 Å². The van der Waals surface area contributed by atoms with Gasteiger partial charge in [0.2, 0.25) is 5.75 Å². The zero-order valence-corrected chi connectivity index (χ0v) is 10.4. The van der Waals surface area contributed by atoms with Crippen LogP contribution in [0.5, 0.6) is 17.2 Å². The largest absolute Gasteiger partial charge is 0.493 e. The van der Waals surface area contributed by atoms with Crippen molar-refractivity contribution in [1.82, 2.24) is 10.7 Å². The first-order chi connectivity index (χ1) is 8.26. The van der Waals surface area contributed by atoms with Gasteiger partial charge in [0.05, 0.1) is 28.0 Å². The quantitative estimate of drug-likeness (QED) is 0.274. The van der Waals surface area contributed by atoms with E-state index >= 15 is 0 Å². The molecular formula is C11H19N3O3. The summed E-state index contributed by atoms with van der Waals surface area (Å²) in [4.78, 5) is 0. The lowest BCUT2D eigenvalue weighted by molar-refractivity contribution is 0.323. The van der Waals surface area contributed by atoms with E-state index in [0.717, 1.165) is 5.56 Å². The lowest BCUT2D eigenvalue weighted by Crippen LogP contribution is -2.33. The Labute approximate surface area is 101 Å². The minimum atomic E-state index is 0.524. The Hall–Kier alpha value is -1.50. The monoisotopic (exact) mass is 241 g/mol. The van der Waals surface area contributed by atoms with Gasteiger partial charge < -0.3 is 14.2 Å².